The van der Waals surface area contributed by atoms with E-state index in [0.29, 0.717) is 0 Å². The Bertz CT molecular complexity index is 286. The molecule has 0 spiro atoms. The molecule has 0 aromatic rings. The largest absolute Gasteiger partial charge is 0.316 e. The summed E-state index contributed by atoms with van der Waals surface area (Å²) in [4.78, 5) is 0. The fourth-order valence-electron chi connectivity index (χ4n) is 4.97. The van der Waals surface area contributed by atoms with Crippen molar-refractivity contribution in [1.29, 1.82) is 0 Å². The minimum absolute atomic E-state index is 0.783. The molecule has 0 aliphatic heterocycles. The standard InChI is InChI=1S/C20H39N/c1-5-17-7-6-8-18(12-17)20-11-16(4)9-10-19(20)14-21-13-15(2)3/h15-21H,5-14H2,1-4H3. The van der Waals surface area contributed by atoms with Crippen LogP contribution in [-0.4, -0.2) is 13.1 Å². The Kier molecular flexibility index (Phi) is 7.05. The van der Waals surface area contributed by atoms with E-state index in [0.717, 1.165) is 35.5 Å². The first-order chi connectivity index (χ1) is 10.1. The molecule has 0 heterocycles. The van der Waals surface area contributed by atoms with E-state index in [4.69, 9.17) is 0 Å². The van der Waals surface area contributed by atoms with Gasteiger partial charge in [0.1, 0.15) is 0 Å². The molecule has 0 saturated heterocycles. The Morgan fingerprint density at radius 1 is 1.05 bits per heavy atom. The molecule has 0 aromatic heterocycles. The SMILES string of the molecule is CCC1CCCC(C2CC(C)CCC2CNCC(C)C)C1. The Morgan fingerprint density at radius 2 is 1.86 bits per heavy atom. The van der Waals surface area contributed by atoms with Crippen molar-refractivity contribution in [1.82, 2.24) is 5.32 Å². The van der Waals surface area contributed by atoms with Gasteiger partial charge in [-0.25, -0.2) is 0 Å². The fourth-order valence-corrected chi connectivity index (χ4v) is 4.97. The van der Waals surface area contributed by atoms with E-state index >= 15 is 0 Å². The molecule has 0 radical (unpaired) electrons. The molecule has 2 rings (SSSR count). The van der Waals surface area contributed by atoms with Crippen molar-refractivity contribution in [2.75, 3.05) is 13.1 Å². The van der Waals surface area contributed by atoms with E-state index in [1.807, 2.05) is 0 Å². The zero-order chi connectivity index (χ0) is 15.2. The van der Waals surface area contributed by atoms with E-state index in [1.165, 1.54) is 64.5 Å². The first-order valence-corrected chi connectivity index (χ1v) is 9.80. The summed E-state index contributed by atoms with van der Waals surface area (Å²) in [6.45, 7) is 12.0. The van der Waals surface area contributed by atoms with Crippen molar-refractivity contribution in [3.05, 3.63) is 0 Å². The second kappa shape index (κ2) is 8.56. The van der Waals surface area contributed by atoms with Crippen LogP contribution in [-0.2, 0) is 0 Å². The molecular weight excluding hydrogens is 254 g/mol. The summed E-state index contributed by atoms with van der Waals surface area (Å²) >= 11 is 0. The first-order valence-electron chi connectivity index (χ1n) is 9.80. The average Bonchev–Trinajstić information content (AvgIpc) is 2.48. The van der Waals surface area contributed by atoms with E-state index in [1.54, 1.807) is 0 Å². The molecule has 1 N–H and O–H groups in total. The highest BCUT2D eigenvalue weighted by Gasteiger charge is 2.36. The Labute approximate surface area is 133 Å². The molecule has 0 amide bonds. The molecule has 21 heavy (non-hydrogen) atoms. The normalized spacial score (nSPS) is 37.9. The maximum atomic E-state index is 3.76. The third-order valence-corrected chi connectivity index (χ3v) is 6.28. The molecule has 2 aliphatic rings. The average molecular weight is 294 g/mol. The second-order valence-corrected chi connectivity index (χ2v) is 8.60. The van der Waals surface area contributed by atoms with Gasteiger partial charge in [0, 0.05) is 0 Å². The zero-order valence-corrected chi connectivity index (χ0v) is 15.0. The quantitative estimate of drug-likeness (QED) is 0.681. The van der Waals surface area contributed by atoms with Crippen LogP contribution in [0.1, 0.15) is 79.1 Å². The minimum atomic E-state index is 0.783. The topological polar surface area (TPSA) is 12.0 Å². The third-order valence-electron chi connectivity index (χ3n) is 6.28. The summed E-state index contributed by atoms with van der Waals surface area (Å²) in [5.41, 5.74) is 0. The lowest BCUT2D eigenvalue weighted by atomic mass is 9.64. The molecule has 2 saturated carbocycles. The summed E-state index contributed by atoms with van der Waals surface area (Å²) in [5.74, 6) is 5.80. The summed E-state index contributed by atoms with van der Waals surface area (Å²) in [5, 5.41) is 3.76. The van der Waals surface area contributed by atoms with Crippen LogP contribution in [0, 0.1) is 35.5 Å². The minimum Gasteiger partial charge on any atom is -0.316 e. The maximum absolute atomic E-state index is 3.76. The highest BCUT2D eigenvalue weighted by atomic mass is 14.9. The molecule has 0 aromatic carbocycles. The highest BCUT2D eigenvalue weighted by molar-refractivity contribution is 4.87. The Balaban J connectivity index is 1.91. The highest BCUT2D eigenvalue weighted by Crippen LogP contribution is 2.45. The van der Waals surface area contributed by atoms with Crippen molar-refractivity contribution in [2.45, 2.75) is 79.1 Å². The van der Waals surface area contributed by atoms with Crippen LogP contribution in [0.3, 0.4) is 0 Å². The van der Waals surface area contributed by atoms with Crippen molar-refractivity contribution >= 4 is 0 Å². The van der Waals surface area contributed by atoms with Gasteiger partial charge in [-0.1, -0.05) is 59.8 Å². The first kappa shape index (κ1) is 17.3. The van der Waals surface area contributed by atoms with Gasteiger partial charge in [-0.05, 0) is 67.9 Å². The van der Waals surface area contributed by atoms with E-state index in [-0.39, 0.29) is 0 Å². The lowest BCUT2D eigenvalue weighted by Gasteiger charge is -2.43. The number of nitrogens with one attached hydrogen (secondary N) is 1. The maximum Gasteiger partial charge on any atom is -0.00176 e. The molecule has 5 unspecified atom stereocenters. The van der Waals surface area contributed by atoms with Gasteiger partial charge in [-0.2, -0.15) is 0 Å². The van der Waals surface area contributed by atoms with Gasteiger partial charge in [0.05, 0.1) is 0 Å². The van der Waals surface area contributed by atoms with E-state index < -0.39 is 0 Å². The van der Waals surface area contributed by atoms with Crippen LogP contribution in [0.15, 0.2) is 0 Å². The predicted octanol–water partition coefficient (Wildman–Crippen LogP) is 5.50. The van der Waals surface area contributed by atoms with Crippen LogP contribution < -0.4 is 5.32 Å². The van der Waals surface area contributed by atoms with Crippen molar-refractivity contribution in [3.63, 3.8) is 0 Å². The smallest absolute Gasteiger partial charge is 0.00176 e. The van der Waals surface area contributed by atoms with Crippen LogP contribution in [0.2, 0.25) is 0 Å². The van der Waals surface area contributed by atoms with Gasteiger partial charge in [0.15, 0.2) is 0 Å². The molecule has 1 heteroatoms. The summed E-state index contributed by atoms with van der Waals surface area (Å²) in [6, 6.07) is 0. The monoisotopic (exact) mass is 293 g/mol. The van der Waals surface area contributed by atoms with Crippen LogP contribution in [0.4, 0.5) is 0 Å². The number of hydrogen-bond donors (Lipinski definition) is 1. The molecule has 124 valence electrons. The molecule has 2 fully saturated rings. The molecule has 1 nitrogen and oxygen atoms in total. The van der Waals surface area contributed by atoms with Crippen molar-refractivity contribution < 1.29 is 0 Å². The summed E-state index contributed by atoms with van der Waals surface area (Å²) in [7, 11) is 0. The zero-order valence-electron chi connectivity index (χ0n) is 15.0. The fraction of sp³-hybridized carbons (Fsp3) is 1.00. The van der Waals surface area contributed by atoms with Gasteiger partial charge in [-0.3, -0.25) is 0 Å². The van der Waals surface area contributed by atoms with Crippen molar-refractivity contribution in [2.24, 2.45) is 35.5 Å². The van der Waals surface area contributed by atoms with Crippen molar-refractivity contribution in [3.8, 4) is 0 Å². The molecule has 5 atom stereocenters. The van der Waals surface area contributed by atoms with Crippen LogP contribution >= 0.6 is 0 Å². The second-order valence-electron chi connectivity index (χ2n) is 8.60. The number of hydrogen-bond acceptors (Lipinski definition) is 1. The predicted molar refractivity (Wildman–Crippen MR) is 93.4 cm³/mol. The third kappa shape index (κ3) is 5.27. The lowest BCUT2D eigenvalue weighted by molar-refractivity contribution is 0.0825. The Morgan fingerprint density at radius 3 is 2.57 bits per heavy atom. The van der Waals surface area contributed by atoms with Crippen LogP contribution in [0.25, 0.3) is 0 Å². The van der Waals surface area contributed by atoms with Gasteiger partial charge < -0.3 is 5.32 Å². The van der Waals surface area contributed by atoms with Gasteiger partial charge in [-0.15, -0.1) is 0 Å². The van der Waals surface area contributed by atoms with Gasteiger partial charge in [0.25, 0.3) is 0 Å². The number of rotatable bonds is 6. The Hall–Kier alpha value is -0.0400. The van der Waals surface area contributed by atoms with Gasteiger partial charge in [0.2, 0.25) is 0 Å². The molecule has 0 bridgehead atoms. The van der Waals surface area contributed by atoms with E-state index in [2.05, 4.69) is 33.0 Å². The van der Waals surface area contributed by atoms with Crippen LogP contribution in [0.5, 0.6) is 0 Å². The lowest BCUT2D eigenvalue weighted by Crippen LogP contribution is -2.38. The summed E-state index contributed by atoms with van der Waals surface area (Å²) in [6.07, 6.45) is 11.9. The summed E-state index contributed by atoms with van der Waals surface area (Å²) < 4.78 is 0. The van der Waals surface area contributed by atoms with E-state index in [9.17, 15) is 0 Å². The molecule has 2 aliphatic carbocycles. The molecular formula is C20H39N. The van der Waals surface area contributed by atoms with Gasteiger partial charge >= 0.3 is 0 Å².